The van der Waals surface area contributed by atoms with E-state index in [1.165, 1.54) is 4.90 Å². The van der Waals surface area contributed by atoms with Gasteiger partial charge in [-0.05, 0) is 30.7 Å². The van der Waals surface area contributed by atoms with E-state index in [2.05, 4.69) is 15.9 Å². The van der Waals surface area contributed by atoms with Crippen LogP contribution in [0.2, 0.25) is 0 Å². The van der Waals surface area contributed by atoms with Crippen LogP contribution in [0.1, 0.15) is 21.7 Å². The molecule has 134 valence electrons. The number of amides is 1. The van der Waals surface area contributed by atoms with Crippen molar-refractivity contribution in [3.63, 3.8) is 0 Å². The number of halogens is 1. The monoisotopic (exact) mass is 415 g/mol. The van der Waals surface area contributed by atoms with Crippen LogP contribution in [-0.2, 0) is 16.1 Å². The third-order valence-corrected chi connectivity index (χ3v) is 4.59. The second-order valence-electron chi connectivity index (χ2n) is 6.01. The fourth-order valence-electron chi connectivity index (χ4n) is 2.64. The molecule has 0 fully saturated rings. The van der Waals surface area contributed by atoms with Crippen LogP contribution < -0.4 is 0 Å². The first-order valence-electron chi connectivity index (χ1n) is 8.09. The first kappa shape index (κ1) is 18.2. The van der Waals surface area contributed by atoms with E-state index in [-0.39, 0.29) is 18.3 Å². The standard InChI is InChI=1S/C20H18BrNO4/c1-13-16-10-15(21)8-9-17(16)26-19(13)20(24)25-12-18(23)22(2)11-14-6-4-3-5-7-14/h3-10H,11-12H2,1-2H3. The predicted octanol–water partition coefficient (Wildman–Crippen LogP) is 4.32. The predicted molar refractivity (Wildman–Crippen MR) is 102 cm³/mol. The third kappa shape index (κ3) is 3.96. The van der Waals surface area contributed by atoms with Crippen LogP contribution in [0.5, 0.6) is 0 Å². The van der Waals surface area contributed by atoms with Crippen molar-refractivity contribution in [1.29, 1.82) is 0 Å². The van der Waals surface area contributed by atoms with Gasteiger partial charge in [0.15, 0.2) is 6.61 Å². The molecule has 0 saturated heterocycles. The lowest BCUT2D eigenvalue weighted by molar-refractivity contribution is -0.133. The molecule has 6 heteroatoms. The van der Waals surface area contributed by atoms with Crippen LogP contribution in [0.15, 0.2) is 57.4 Å². The van der Waals surface area contributed by atoms with Crippen molar-refractivity contribution in [3.8, 4) is 0 Å². The SMILES string of the molecule is Cc1c(C(=O)OCC(=O)N(C)Cc2ccccc2)oc2ccc(Br)cc12. The molecule has 3 aromatic rings. The molecule has 5 nitrogen and oxygen atoms in total. The molecular weight excluding hydrogens is 398 g/mol. The summed E-state index contributed by atoms with van der Waals surface area (Å²) in [6, 6.07) is 15.1. The van der Waals surface area contributed by atoms with Gasteiger partial charge >= 0.3 is 5.97 Å². The molecule has 1 amide bonds. The molecule has 1 aromatic heterocycles. The Morgan fingerprint density at radius 2 is 1.88 bits per heavy atom. The molecule has 26 heavy (non-hydrogen) atoms. The Hall–Kier alpha value is -2.60. The van der Waals surface area contributed by atoms with Crippen molar-refractivity contribution in [3.05, 3.63) is 69.9 Å². The number of benzene rings is 2. The highest BCUT2D eigenvalue weighted by Crippen LogP contribution is 2.28. The number of furan rings is 1. The normalized spacial score (nSPS) is 10.7. The number of rotatable bonds is 5. The van der Waals surface area contributed by atoms with Crippen LogP contribution in [0.4, 0.5) is 0 Å². The second kappa shape index (κ2) is 7.74. The maximum absolute atomic E-state index is 12.3. The van der Waals surface area contributed by atoms with E-state index >= 15 is 0 Å². The first-order valence-corrected chi connectivity index (χ1v) is 8.88. The summed E-state index contributed by atoms with van der Waals surface area (Å²) in [6.45, 7) is 1.91. The minimum atomic E-state index is -0.642. The van der Waals surface area contributed by atoms with Crippen LogP contribution in [0, 0.1) is 6.92 Å². The lowest BCUT2D eigenvalue weighted by Crippen LogP contribution is -2.30. The summed E-state index contributed by atoms with van der Waals surface area (Å²) in [5, 5.41) is 0.832. The van der Waals surface area contributed by atoms with Gasteiger partial charge in [0.05, 0.1) is 0 Å². The van der Waals surface area contributed by atoms with Gasteiger partial charge in [0.25, 0.3) is 5.91 Å². The van der Waals surface area contributed by atoms with Gasteiger partial charge in [0.2, 0.25) is 5.76 Å². The van der Waals surface area contributed by atoms with Crippen LogP contribution in [-0.4, -0.2) is 30.4 Å². The van der Waals surface area contributed by atoms with Crippen molar-refractivity contribution in [2.75, 3.05) is 13.7 Å². The maximum atomic E-state index is 12.3. The van der Waals surface area contributed by atoms with E-state index < -0.39 is 5.97 Å². The summed E-state index contributed by atoms with van der Waals surface area (Å²) in [6.07, 6.45) is 0. The highest BCUT2D eigenvalue weighted by Gasteiger charge is 2.21. The van der Waals surface area contributed by atoms with E-state index in [0.29, 0.717) is 17.7 Å². The van der Waals surface area contributed by atoms with Gasteiger partial charge < -0.3 is 14.1 Å². The highest BCUT2D eigenvalue weighted by atomic mass is 79.9. The molecule has 1 heterocycles. The molecular formula is C20H18BrNO4. The van der Waals surface area contributed by atoms with Crippen molar-refractivity contribution in [2.45, 2.75) is 13.5 Å². The number of nitrogens with zero attached hydrogens (tertiary/aromatic N) is 1. The minimum absolute atomic E-state index is 0.122. The lowest BCUT2D eigenvalue weighted by atomic mass is 10.1. The number of carbonyl (C=O) groups excluding carboxylic acids is 2. The van der Waals surface area contributed by atoms with E-state index in [1.54, 1.807) is 20.0 Å². The zero-order valence-electron chi connectivity index (χ0n) is 14.5. The number of aryl methyl sites for hydroxylation is 1. The fourth-order valence-corrected chi connectivity index (χ4v) is 3.00. The summed E-state index contributed by atoms with van der Waals surface area (Å²) < 4.78 is 11.6. The number of ether oxygens (including phenoxy) is 1. The topological polar surface area (TPSA) is 59.8 Å². The Bertz CT molecular complexity index is 949. The van der Waals surface area contributed by atoms with E-state index in [9.17, 15) is 9.59 Å². The summed E-state index contributed by atoms with van der Waals surface area (Å²) in [4.78, 5) is 26.0. The maximum Gasteiger partial charge on any atom is 0.375 e. The van der Waals surface area contributed by atoms with Crippen molar-refractivity contribution < 1.29 is 18.7 Å². The molecule has 0 aliphatic heterocycles. The zero-order valence-corrected chi connectivity index (χ0v) is 16.1. The molecule has 0 saturated carbocycles. The van der Waals surface area contributed by atoms with Crippen LogP contribution in [0.3, 0.4) is 0 Å². The first-order chi connectivity index (χ1) is 12.5. The molecule has 0 atom stereocenters. The molecule has 0 spiro atoms. The second-order valence-corrected chi connectivity index (χ2v) is 6.92. The Morgan fingerprint density at radius 3 is 2.62 bits per heavy atom. The number of hydrogen-bond acceptors (Lipinski definition) is 4. The molecule has 2 aromatic carbocycles. The van der Waals surface area contributed by atoms with Gasteiger partial charge in [0.1, 0.15) is 5.58 Å². The van der Waals surface area contributed by atoms with Crippen LogP contribution >= 0.6 is 15.9 Å². The number of carbonyl (C=O) groups is 2. The van der Waals surface area contributed by atoms with Crippen molar-refractivity contribution >= 4 is 38.8 Å². The fraction of sp³-hybridized carbons (Fsp3) is 0.200. The van der Waals surface area contributed by atoms with Gasteiger partial charge in [-0.15, -0.1) is 0 Å². The summed E-state index contributed by atoms with van der Waals surface area (Å²) in [7, 11) is 1.67. The van der Waals surface area contributed by atoms with Crippen molar-refractivity contribution in [1.82, 2.24) is 4.90 Å². The van der Waals surface area contributed by atoms with E-state index in [0.717, 1.165) is 15.4 Å². The molecule has 0 bridgehead atoms. The van der Waals surface area contributed by atoms with Crippen molar-refractivity contribution in [2.24, 2.45) is 0 Å². The minimum Gasteiger partial charge on any atom is -0.450 e. The third-order valence-electron chi connectivity index (χ3n) is 4.10. The average Bonchev–Trinajstić information content (AvgIpc) is 2.96. The quantitative estimate of drug-likeness (QED) is 0.582. The Balaban J connectivity index is 1.63. The van der Waals surface area contributed by atoms with Crippen LogP contribution in [0.25, 0.3) is 11.0 Å². The number of esters is 1. The van der Waals surface area contributed by atoms with Gasteiger partial charge in [-0.1, -0.05) is 46.3 Å². The average molecular weight is 416 g/mol. The largest absolute Gasteiger partial charge is 0.450 e. The molecule has 0 unspecified atom stereocenters. The Morgan fingerprint density at radius 1 is 1.15 bits per heavy atom. The smallest absolute Gasteiger partial charge is 0.375 e. The van der Waals surface area contributed by atoms with E-state index in [1.807, 2.05) is 42.5 Å². The lowest BCUT2D eigenvalue weighted by Gasteiger charge is -2.17. The summed E-state index contributed by atoms with van der Waals surface area (Å²) in [5.41, 5.74) is 2.30. The number of fused-ring (bicyclic) bond motifs is 1. The highest BCUT2D eigenvalue weighted by molar-refractivity contribution is 9.10. The molecule has 3 rings (SSSR count). The van der Waals surface area contributed by atoms with Gasteiger partial charge in [0, 0.05) is 29.0 Å². The van der Waals surface area contributed by atoms with Gasteiger partial charge in [-0.25, -0.2) is 4.79 Å². The van der Waals surface area contributed by atoms with Gasteiger partial charge in [-0.2, -0.15) is 0 Å². The molecule has 0 aliphatic carbocycles. The Kier molecular flexibility index (Phi) is 5.42. The van der Waals surface area contributed by atoms with E-state index in [4.69, 9.17) is 9.15 Å². The molecule has 0 N–H and O–H groups in total. The zero-order chi connectivity index (χ0) is 18.7. The molecule has 0 radical (unpaired) electrons. The molecule has 0 aliphatic rings. The number of likely N-dealkylation sites (N-methyl/N-ethyl adjacent to an activating group) is 1. The van der Waals surface area contributed by atoms with Gasteiger partial charge in [-0.3, -0.25) is 4.79 Å². The Labute approximate surface area is 159 Å². The summed E-state index contributed by atoms with van der Waals surface area (Å²) >= 11 is 3.40. The number of hydrogen-bond donors (Lipinski definition) is 0. The summed E-state index contributed by atoms with van der Waals surface area (Å²) in [5.74, 6) is -0.799.